The first-order chi connectivity index (χ1) is 14.3. The van der Waals surface area contributed by atoms with Gasteiger partial charge in [0.05, 0.1) is 31.5 Å². The van der Waals surface area contributed by atoms with Gasteiger partial charge in [0.2, 0.25) is 5.00 Å². The molecule has 0 atom stereocenters. The lowest BCUT2D eigenvalue weighted by molar-refractivity contribution is -0.130. The number of hydrogen-bond donors (Lipinski definition) is 0. The van der Waals surface area contributed by atoms with Gasteiger partial charge in [-0.05, 0) is 54.4 Å². The molecule has 1 aliphatic rings. The standard InChI is InChI=1S/C21H27ClN3O3S2/c1-23-21-24(2)16-20(29-21)25(12-4-3-5-13-25)19(26)11-15-30(27,28)14-10-17-6-8-18(22)9-7-17/h6-10,14,16H,3-5,11-13,15H2,1-2H3/q+1/b14-10+,23-21?. The number of piperidine rings is 1. The Hall–Kier alpha value is -1.74. The van der Waals surface area contributed by atoms with Crippen LogP contribution in [0, 0.1) is 0 Å². The molecule has 1 aromatic heterocycles. The molecule has 30 heavy (non-hydrogen) atoms. The number of carbonyl (C=O) groups is 1. The maximum absolute atomic E-state index is 13.3. The average molecular weight is 469 g/mol. The van der Waals surface area contributed by atoms with E-state index in [9.17, 15) is 13.2 Å². The number of aromatic nitrogens is 1. The Morgan fingerprint density at radius 2 is 1.90 bits per heavy atom. The first kappa shape index (κ1) is 22.9. The van der Waals surface area contributed by atoms with Gasteiger partial charge in [-0.2, -0.15) is 0 Å². The van der Waals surface area contributed by atoms with Crippen molar-refractivity contribution in [3.63, 3.8) is 0 Å². The van der Waals surface area contributed by atoms with Gasteiger partial charge in [0.15, 0.2) is 14.6 Å². The van der Waals surface area contributed by atoms with E-state index in [-0.39, 0.29) is 22.6 Å². The highest BCUT2D eigenvalue weighted by Crippen LogP contribution is 2.32. The van der Waals surface area contributed by atoms with Gasteiger partial charge in [0.1, 0.15) is 0 Å². The molecule has 1 aromatic carbocycles. The Bertz CT molecular complexity index is 1090. The fourth-order valence-corrected chi connectivity index (χ4v) is 5.96. The Morgan fingerprint density at radius 3 is 2.50 bits per heavy atom. The maximum atomic E-state index is 13.3. The van der Waals surface area contributed by atoms with Gasteiger partial charge in [-0.25, -0.2) is 17.7 Å². The first-order valence-electron chi connectivity index (χ1n) is 9.92. The minimum atomic E-state index is -3.50. The molecule has 0 unspecified atom stereocenters. The quantitative estimate of drug-likeness (QED) is 0.606. The molecule has 0 saturated carbocycles. The van der Waals surface area contributed by atoms with Crippen LogP contribution in [0.5, 0.6) is 0 Å². The monoisotopic (exact) mass is 468 g/mol. The number of quaternary nitrogens is 1. The zero-order chi connectivity index (χ0) is 21.8. The van der Waals surface area contributed by atoms with Crippen molar-refractivity contribution in [2.45, 2.75) is 25.7 Å². The Kier molecular flexibility index (Phi) is 7.34. The number of nitrogens with zero attached hydrogens (tertiary/aromatic N) is 3. The van der Waals surface area contributed by atoms with E-state index in [0.29, 0.717) is 18.1 Å². The van der Waals surface area contributed by atoms with Gasteiger partial charge in [0, 0.05) is 24.5 Å². The number of hydrogen-bond acceptors (Lipinski definition) is 5. The van der Waals surface area contributed by atoms with E-state index < -0.39 is 9.84 Å². The zero-order valence-corrected chi connectivity index (χ0v) is 19.6. The van der Waals surface area contributed by atoms with E-state index in [1.165, 1.54) is 22.8 Å². The third-order valence-corrected chi connectivity index (χ3v) is 8.30. The van der Waals surface area contributed by atoms with Crippen molar-refractivity contribution < 1.29 is 13.2 Å². The molecule has 1 saturated heterocycles. The SMILES string of the molecule is CN=c1sc([N+]2(C(=O)CCS(=O)(=O)/C=C/c3ccc(Cl)cc3)CCCCC2)cn1C. The molecular formula is C21H27ClN3O3S2+. The number of thiazole rings is 1. The van der Waals surface area contributed by atoms with Crippen LogP contribution < -0.4 is 9.28 Å². The summed E-state index contributed by atoms with van der Waals surface area (Å²) >= 11 is 7.36. The molecule has 6 nitrogen and oxygen atoms in total. The lowest BCUT2D eigenvalue weighted by Gasteiger charge is -2.36. The lowest BCUT2D eigenvalue weighted by atomic mass is 10.1. The van der Waals surface area contributed by atoms with E-state index in [2.05, 4.69) is 4.99 Å². The number of benzene rings is 1. The van der Waals surface area contributed by atoms with Crippen LogP contribution in [0.3, 0.4) is 0 Å². The fraction of sp³-hybridized carbons (Fsp3) is 0.429. The van der Waals surface area contributed by atoms with Crippen molar-refractivity contribution in [2.75, 3.05) is 25.9 Å². The van der Waals surface area contributed by atoms with E-state index in [0.717, 1.165) is 34.6 Å². The minimum Gasteiger partial charge on any atom is -0.321 e. The number of amides is 1. The molecule has 0 radical (unpaired) electrons. The summed E-state index contributed by atoms with van der Waals surface area (Å²) in [7, 11) is 0.145. The van der Waals surface area contributed by atoms with Gasteiger partial charge in [-0.15, -0.1) is 0 Å². The van der Waals surface area contributed by atoms with Crippen molar-refractivity contribution in [3.8, 4) is 0 Å². The van der Waals surface area contributed by atoms with Crippen LogP contribution in [0.15, 0.2) is 40.9 Å². The van der Waals surface area contributed by atoms with Crippen LogP contribution in [0.4, 0.5) is 5.00 Å². The topological polar surface area (TPSA) is 68.5 Å². The van der Waals surface area contributed by atoms with E-state index in [1.807, 2.05) is 17.8 Å². The van der Waals surface area contributed by atoms with E-state index in [1.54, 1.807) is 31.3 Å². The summed E-state index contributed by atoms with van der Waals surface area (Å²) < 4.78 is 27.2. The Morgan fingerprint density at radius 1 is 1.23 bits per heavy atom. The highest BCUT2D eigenvalue weighted by atomic mass is 35.5. The summed E-state index contributed by atoms with van der Waals surface area (Å²) in [5.74, 6) is -0.235. The number of aryl methyl sites for hydroxylation is 1. The number of rotatable bonds is 6. The number of sulfone groups is 1. The van der Waals surface area contributed by atoms with Crippen LogP contribution in [0.2, 0.25) is 5.02 Å². The molecule has 2 heterocycles. The predicted molar refractivity (Wildman–Crippen MR) is 124 cm³/mol. The summed E-state index contributed by atoms with van der Waals surface area (Å²) in [6, 6.07) is 6.92. The zero-order valence-electron chi connectivity index (χ0n) is 17.3. The number of likely N-dealkylation sites (tertiary alicyclic amines) is 1. The van der Waals surface area contributed by atoms with Crippen LogP contribution in [-0.4, -0.2) is 44.8 Å². The summed E-state index contributed by atoms with van der Waals surface area (Å²) in [4.78, 5) is 18.4. The number of halogens is 1. The average Bonchev–Trinajstić information content (AvgIpc) is 3.13. The maximum Gasteiger partial charge on any atom is 0.320 e. The van der Waals surface area contributed by atoms with Gasteiger partial charge in [0.25, 0.3) is 0 Å². The third kappa shape index (κ3) is 5.29. The van der Waals surface area contributed by atoms with Crippen LogP contribution in [0.25, 0.3) is 6.08 Å². The smallest absolute Gasteiger partial charge is 0.320 e. The van der Waals surface area contributed by atoms with E-state index >= 15 is 0 Å². The molecular weight excluding hydrogens is 442 g/mol. The highest BCUT2D eigenvalue weighted by molar-refractivity contribution is 7.94. The summed E-state index contributed by atoms with van der Waals surface area (Å²) in [5, 5.41) is 2.72. The Balaban J connectivity index is 1.76. The summed E-state index contributed by atoms with van der Waals surface area (Å²) in [5.41, 5.74) is 0.746. The largest absolute Gasteiger partial charge is 0.321 e. The molecule has 0 N–H and O–H groups in total. The molecule has 9 heteroatoms. The van der Waals surface area contributed by atoms with Gasteiger partial charge in [-0.3, -0.25) is 4.99 Å². The highest BCUT2D eigenvalue weighted by Gasteiger charge is 2.42. The third-order valence-electron chi connectivity index (χ3n) is 5.41. The normalized spacial score (nSPS) is 17.5. The minimum absolute atomic E-state index is 0.00644. The molecule has 1 fully saturated rings. The fourth-order valence-electron chi connectivity index (χ4n) is 3.73. The molecule has 3 rings (SSSR count). The number of carbonyl (C=O) groups excluding carboxylic acids is 1. The van der Waals surface area contributed by atoms with Crippen molar-refractivity contribution in [1.82, 2.24) is 9.05 Å². The van der Waals surface area contributed by atoms with Crippen LogP contribution in [0.1, 0.15) is 31.2 Å². The second-order valence-corrected chi connectivity index (χ2v) is 11.0. The molecule has 1 aliphatic heterocycles. The molecule has 0 aliphatic carbocycles. The van der Waals surface area contributed by atoms with E-state index in [4.69, 9.17) is 11.6 Å². The first-order valence-corrected chi connectivity index (χ1v) is 12.8. The predicted octanol–water partition coefficient (Wildman–Crippen LogP) is 3.76. The van der Waals surface area contributed by atoms with Gasteiger partial charge < -0.3 is 4.57 Å². The van der Waals surface area contributed by atoms with Gasteiger partial charge >= 0.3 is 5.91 Å². The lowest BCUT2D eigenvalue weighted by Crippen LogP contribution is -2.57. The van der Waals surface area contributed by atoms with Crippen molar-refractivity contribution in [2.24, 2.45) is 12.0 Å². The van der Waals surface area contributed by atoms with Crippen LogP contribution in [-0.2, 0) is 21.7 Å². The molecule has 1 amide bonds. The molecule has 0 spiro atoms. The molecule has 0 bridgehead atoms. The van der Waals surface area contributed by atoms with Crippen LogP contribution >= 0.6 is 22.9 Å². The second kappa shape index (κ2) is 9.60. The Labute approximate surface area is 186 Å². The summed E-state index contributed by atoms with van der Waals surface area (Å²) in [6.07, 6.45) is 6.50. The van der Waals surface area contributed by atoms with Crippen molar-refractivity contribution in [3.05, 3.63) is 51.3 Å². The van der Waals surface area contributed by atoms with Gasteiger partial charge in [-0.1, -0.05) is 23.7 Å². The molecule has 2 aromatic rings. The summed E-state index contributed by atoms with van der Waals surface area (Å²) in [6.45, 7) is 1.42. The van der Waals surface area contributed by atoms with Crippen molar-refractivity contribution in [1.29, 1.82) is 0 Å². The molecule has 162 valence electrons. The second-order valence-electron chi connectivity index (χ2n) is 7.53. The van der Waals surface area contributed by atoms with Crippen molar-refractivity contribution >= 4 is 49.8 Å².